The van der Waals surface area contributed by atoms with Crippen molar-refractivity contribution in [2.24, 2.45) is 7.05 Å². The molecule has 0 atom stereocenters. The Morgan fingerprint density at radius 2 is 2.04 bits per heavy atom. The molecular formula is C18H18N4O. The number of carbonyl (C=O) groups excluding carboxylic acids is 1. The highest BCUT2D eigenvalue weighted by atomic mass is 16.1. The van der Waals surface area contributed by atoms with Gasteiger partial charge < -0.3 is 5.32 Å². The van der Waals surface area contributed by atoms with Gasteiger partial charge in [-0.05, 0) is 55.5 Å². The van der Waals surface area contributed by atoms with E-state index < -0.39 is 0 Å². The fourth-order valence-electron chi connectivity index (χ4n) is 3.29. The van der Waals surface area contributed by atoms with Gasteiger partial charge in [0.05, 0.1) is 17.6 Å². The Labute approximate surface area is 134 Å². The number of anilines is 1. The summed E-state index contributed by atoms with van der Waals surface area (Å²) in [5, 5.41) is 8.25. The smallest absolute Gasteiger partial charge is 0.255 e. The summed E-state index contributed by atoms with van der Waals surface area (Å²) in [6, 6.07) is 7.92. The Morgan fingerprint density at radius 1 is 1.22 bits per heavy atom. The van der Waals surface area contributed by atoms with Crippen LogP contribution in [-0.4, -0.2) is 20.7 Å². The van der Waals surface area contributed by atoms with Gasteiger partial charge >= 0.3 is 0 Å². The number of rotatable bonds is 2. The second-order valence-corrected chi connectivity index (χ2v) is 6.10. The molecule has 1 amide bonds. The minimum absolute atomic E-state index is 0.0950. The number of nitrogens with zero attached hydrogens (tertiary/aromatic N) is 3. The van der Waals surface area contributed by atoms with Crippen LogP contribution in [0.2, 0.25) is 0 Å². The second-order valence-electron chi connectivity index (χ2n) is 6.10. The zero-order valence-electron chi connectivity index (χ0n) is 13.3. The number of hydrogen-bond donors (Lipinski definition) is 1. The maximum absolute atomic E-state index is 12.5. The van der Waals surface area contributed by atoms with E-state index in [1.54, 1.807) is 10.9 Å². The van der Waals surface area contributed by atoms with E-state index in [9.17, 15) is 4.79 Å². The number of benzene rings is 1. The van der Waals surface area contributed by atoms with E-state index in [2.05, 4.69) is 21.5 Å². The van der Waals surface area contributed by atoms with Gasteiger partial charge in [0.25, 0.3) is 5.91 Å². The van der Waals surface area contributed by atoms with Crippen molar-refractivity contribution < 1.29 is 4.79 Å². The summed E-state index contributed by atoms with van der Waals surface area (Å²) < 4.78 is 1.75. The van der Waals surface area contributed by atoms with Gasteiger partial charge in [-0.2, -0.15) is 5.10 Å². The first-order valence-electron chi connectivity index (χ1n) is 7.84. The lowest BCUT2D eigenvalue weighted by Gasteiger charge is -2.07. The molecule has 5 heteroatoms. The van der Waals surface area contributed by atoms with Crippen LogP contribution in [0.4, 0.5) is 5.69 Å². The molecule has 0 saturated carbocycles. The number of aryl methyl sites for hydroxylation is 4. The van der Waals surface area contributed by atoms with E-state index in [0.29, 0.717) is 11.3 Å². The Balaban J connectivity index is 1.62. The monoisotopic (exact) mass is 306 g/mol. The van der Waals surface area contributed by atoms with Crippen LogP contribution in [0.15, 0.2) is 30.5 Å². The van der Waals surface area contributed by atoms with Crippen molar-refractivity contribution in [1.82, 2.24) is 14.8 Å². The average molecular weight is 306 g/mol. The predicted octanol–water partition coefficient (Wildman–Crippen LogP) is 3.02. The number of pyridine rings is 1. The first-order chi connectivity index (χ1) is 11.1. The summed E-state index contributed by atoms with van der Waals surface area (Å²) >= 11 is 0. The molecule has 0 bridgehead atoms. The van der Waals surface area contributed by atoms with Crippen LogP contribution in [0.25, 0.3) is 11.0 Å². The average Bonchev–Trinajstić information content (AvgIpc) is 3.11. The van der Waals surface area contributed by atoms with Gasteiger partial charge in [-0.3, -0.25) is 9.48 Å². The minimum atomic E-state index is -0.0950. The molecule has 0 saturated heterocycles. The van der Waals surface area contributed by atoms with Crippen molar-refractivity contribution in [3.63, 3.8) is 0 Å². The van der Waals surface area contributed by atoms with Crippen molar-refractivity contribution in [3.8, 4) is 0 Å². The van der Waals surface area contributed by atoms with Crippen LogP contribution >= 0.6 is 0 Å². The van der Waals surface area contributed by atoms with E-state index in [4.69, 9.17) is 0 Å². The van der Waals surface area contributed by atoms with E-state index >= 15 is 0 Å². The van der Waals surface area contributed by atoms with Gasteiger partial charge in [-0.15, -0.1) is 0 Å². The quantitative estimate of drug-likeness (QED) is 0.791. The molecule has 0 spiro atoms. The highest BCUT2D eigenvalue weighted by molar-refractivity contribution is 6.05. The number of fused-ring (bicyclic) bond motifs is 2. The van der Waals surface area contributed by atoms with E-state index in [1.165, 1.54) is 17.5 Å². The maximum atomic E-state index is 12.5. The zero-order valence-corrected chi connectivity index (χ0v) is 13.3. The van der Waals surface area contributed by atoms with Gasteiger partial charge in [0.2, 0.25) is 0 Å². The summed E-state index contributed by atoms with van der Waals surface area (Å²) in [4.78, 5) is 16.9. The minimum Gasteiger partial charge on any atom is -0.321 e. The van der Waals surface area contributed by atoms with Crippen LogP contribution in [0.3, 0.4) is 0 Å². The van der Waals surface area contributed by atoms with Gasteiger partial charge in [0.15, 0.2) is 5.65 Å². The zero-order chi connectivity index (χ0) is 16.0. The largest absolute Gasteiger partial charge is 0.321 e. The Hall–Kier alpha value is -2.69. The third-order valence-electron chi connectivity index (χ3n) is 4.48. The summed E-state index contributed by atoms with van der Waals surface area (Å²) in [5.41, 5.74) is 5.79. The molecule has 5 nitrogen and oxygen atoms in total. The standard InChI is InChI=1S/C18H18N4O/c1-11-16-9-15(10-19-17(16)22(2)21-11)20-18(23)14-7-6-12-4-3-5-13(12)8-14/h6-10H,3-5H2,1-2H3,(H,20,23). The molecule has 1 aliphatic rings. The van der Waals surface area contributed by atoms with Crippen LogP contribution in [0.1, 0.15) is 33.6 Å². The topological polar surface area (TPSA) is 59.8 Å². The van der Waals surface area contributed by atoms with Crippen molar-refractivity contribution in [1.29, 1.82) is 0 Å². The number of nitrogens with one attached hydrogen (secondary N) is 1. The fraction of sp³-hybridized carbons (Fsp3) is 0.278. The number of amides is 1. The number of carbonyl (C=O) groups is 1. The van der Waals surface area contributed by atoms with Gasteiger partial charge in [-0.1, -0.05) is 6.07 Å². The molecule has 116 valence electrons. The molecule has 4 rings (SSSR count). The first kappa shape index (κ1) is 13.9. The molecule has 1 N–H and O–H groups in total. The lowest BCUT2D eigenvalue weighted by molar-refractivity contribution is 0.102. The van der Waals surface area contributed by atoms with Gasteiger partial charge in [0, 0.05) is 18.0 Å². The summed E-state index contributed by atoms with van der Waals surface area (Å²) in [6.45, 7) is 1.94. The molecule has 0 unspecified atom stereocenters. The van der Waals surface area contributed by atoms with Crippen molar-refractivity contribution in [3.05, 3.63) is 52.8 Å². The molecule has 0 aliphatic heterocycles. The number of aromatic nitrogens is 3. The van der Waals surface area contributed by atoms with E-state index in [1.807, 2.05) is 32.2 Å². The Kier molecular flexibility index (Phi) is 3.15. The van der Waals surface area contributed by atoms with Crippen LogP contribution < -0.4 is 5.32 Å². The third-order valence-corrected chi connectivity index (χ3v) is 4.48. The first-order valence-corrected chi connectivity index (χ1v) is 7.84. The normalized spacial score (nSPS) is 13.3. The lowest BCUT2D eigenvalue weighted by Crippen LogP contribution is -2.12. The Morgan fingerprint density at radius 3 is 2.91 bits per heavy atom. The highest BCUT2D eigenvalue weighted by Gasteiger charge is 2.15. The van der Waals surface area contributed by atoms with E-state index in [-0.39, 0.29) is 5.91 Å². The van der Waals surface area contributed by atoms with Crippen LogP contribution in [0.5, 0.6) is 0 Å². The predicted molar refractivity (Wildman–Crippen MR) is 89.7 cm³/mol. The molecule has 2 heterocycles. The molecule has 2 aromatic heterocycles. The summed E-state index contributed by atoms with van der Waals surface area (Å²) in [6.07, 6.45) is 5.05. The molecule has 3 aromatic rings. The van der Waals surface area contributed by atoms with Crippen molar-refractivity contribution in [2.45, 2.75) is 26.2 Å². The van der Waals surface area contributed by atoms with Crippen LogP contribution in [-0.2, 0) is 19.9 Å². The molecule has 1 aromatic carbocycles. The molecule has 0 radical (unpaired) electrons. The molecule has 0 fully saturated rings. The third kappa shape index (κ3) is 2.38. The Bertz CT molecular complexity index is 926. The number of hydrogen-bond acceptors (Lipinski definition) is 3. The van der Waals surface area contributed by atoms with Crippen molar-refractivity contribution in [2.75, 3.05) is 5.32 Å². The lowest BCUT2D eigenvalue weighted by atomic mass is 10.1. The van der Waals surface area contributed by atoms with Crippen molar-refractivity contribution >= 4 is 22.6 Å². The summed E-state index contributed by atoms with van der Waals surface area (Å²) in [5.74, 6) is -0.0950. The molecule has 23 heavy (non-hydrogen) atoms. The maximum Gasteiger partial charge on any atom is 0.255 e. The van der Waals surface area contributed by atoms with Gasteiger partial charge in [-0.25, -0.2) is 4.98 Å². The van der Waals surface area contributed by atoms with Gasteiger partial charge in [0.1, 0.15) is 0 Å². The fourth-order valence-corrected chi connectivity index (χ4v) is 3.29. The molecule has 1 aliphatic carbocycles. The second kappa shape index (κ2) is 5.19. The van der Waals surface area contributed by atoms with E-state index in [0.717, 1.165) is 29.6 Å². The summed E-state index contributed by atoms with van der Waals surface area (Å²) in [7, 11) is 1.87. The molecular weight excluding hydrogens is 288 g/mol. The highest BCUT2D eigenvalue weighted by Crippen LogP contribution is 2.24. The van der Waals surface area contributed by atoms with Crippen LogP contribution in [0, 0.1) is 6.92 Å². The SMILES string of the molecule is Cc1nn(C)c2ncc(NC(=O)c3ccc4c(c3)CCC4)cc12.